The summed E-state index contributed by atoms with van der Waals surface area (Å²) in [5.74, 6) is 0.880. The molecule has 0 bridgehead atoms. The molecule has 0 saturated carbocycles. The molecule has 0 atom stereocenters. The summed E-state index contributed by atoms with van der Waals surface area (Å²) in [5.41, 5.74) is 1.62. The van der Waals surface area contributed by atoms with Crippen LogP contribution in [0.15, 0.2) is 29.6 Å². The minimum atomic E-state index is 0.681. The number of aromatic nitrogens is 2. The van der Waals surface area contributed by atoms with Crippen molar-refractivity contribution in [2.45, 2.75) is 6.92 Å². The van der Waals surface area contributed by atoms with Crippen LogP contribution in [0, 0.1) is 6.92 Å². The molecule has 0 radical (unpaired) electrons. The molecule has 0 aromatic carbocycles. The molecule has 2 heterocycles. The van der Waals surface area contributed by atoms with Gasteiger partial charge in [0.1, 0.15) is 11.5 Å². The molecule has 66 valence electrons. The molecule has 2 aromatic rings. The van der Waals surface area contributed by atoms with E-state index in [4.69, 9.17) is 5.21 Å². The van der Waals surface area contributed by atoms with Crippen molar-refractivity contribution in [1.29, 1.82) is 0 Å². The Morgan fingerprint density at radius 2 is 2.38 bits per heavy atom. The average Bonchev–Trinajstić information content (AvgIpc) is 2.46. The normalized spacial score (nSPS) is 11.5. The molecule has 0 amide bonds. The number of aryl methyl sites for hydroxylation is 1. The highest BCUT2D eigenvalue weighted by Gasteiger charge is 2.03. The van der Waals surface area contributed by atoms with Gasteiger partial charge in [0, 0.05) is 6.20 Å². The minimum absolute atomic E-state index is 0.681. The van der Waals surface area contributed by atoms with Gasteiger partial charge in [-0.25, -0.2) is 4.98 Å². The van der Waals surface area contributed by atoms with Crippen molar-refractivity contribution in [1.82, 2.24) is 9.38 Å². The zero-order chi connectivity index (χ0) is 9.26. The standard InChI is InChI=1S/C9H9N3O/c1-7-11-8(6-10-13)9-4-2-3-5-12(7)9/h2-6,13H,1H3/b10-6+. The van der Waals surface area contributed by atoms with E-state index in [1.807, 2.05) is 35.7 Å². The van der Waals surface area contributed by atoms with Crippen molar-refractivity contribution in [2.24, 2.45) is 5.16 Å². The molecule has 2 rings (SSSR count). The molecule has 0 fully saturated rings. The van der Waals surface area contributed by atoms with Crippen LogP contribution in [0.3, 0.4) is 0 Å². The number of imidazole rings is 1. The first-order valence-electron chi connectivity index (χ1n) is 3.94. The zero-order valence-electron chi connectivity index (χ0n) is 7.18. The summed E-state index contributed by atoms with van der Waals surface area (Å²) in [5, 5.41) is 11.4. The fourth-order valence-corrected chi connectivity index (χ4v) is 1.37. The second kappa shape index (κ2) is 2.90. The second-order valence-electron chi connectivity index (χ2n) is 2.74. The smallest absolute Gasteiger partial charge is 0.111 e. The number of hydrogen-bond acceptors (Lipinski definition) is 3. The van der Waals surface area contributed by atoms with E-state index in [0.717, 1.165) is 11.3 Å². The Kier molecular flexibility index (Phi) is 1.73. The Hall–Kier alpha value is -1.84. The Morgan fingerprint density at radius 3 is 3.15 bits per heavy atom. The zero-order valence-corrected chi connectivity index (χ0v) is 7.18. The van der Waals surface area contributed by atoms with E-state index in [9.17, 15) is 0 Å². The van der Waals surface area contributed by atoms with Crippen molar-refractivity contribution in [3.05, 3.63) is 35.9 Å². The van der Waals surface area contributed by atoms with Crippen molar-refractivity contribution in [3.63, 3.8) is 0 Å². The summed E-state index contributed by atoms with van der Waals surface area (Å²) in [6, 6.07) is 5.78. The Labute approximate surface area is 75.1 Å². The maximum Gasteiger partial charge on any atom is 0.111 e. The highest BCUT2D eigenvalue weighted by atomic mass is 16.4. The molecule has 4 nitrogen and oxygen atoms in total. The van der Waals surface area contributed by atoms with E-state index in [1.54, 1.807) is 0 Å². The van der Waals surface area contributed by atoms with Crippen LogP contribution in [0.1, 0.15) is 11.5 Å². The molecule has 0 unspecified atom stereocenters. The average molecular weight is 175 g/mol. The molecule has 2 aromatic heterocycles. The summed E-state index contributed by atoms with van der Waals surface area (Å²) < 4.78 is 1.94. The van der Waals surface area contributed by atoms with E-state index >= 15 is 0 Å². The maximum absolute atomic E-state index is 8.41. The SMILES string of the molecule is Cc1nc(/C=N/O)c2ccccn12. The Bertz CT molecular complexity index is 459. The van der Waals surface area contributed by atoms with E-state index in [0.29, 0.717) is 5.69 Å². The van der Waals surface area contributed by atoms with E-state index in [-0.39, 0.29) is 0 Å². The summed E-state index contributed by atoms with van der Waals surface area (Å²) in [4.78, 5) is 4.23. The van der Waals surface area contributed by atoms with Gasteiger partial charge in [0.05, 0.1) is 11.7 Å². The number of hydrogen-bond donors (Lipinski definition) is 1. The van der Waals surface area contributed by atoms with Crippen LogP contribution in [0.4, 0.5) is 0 Å². The summed E-state index contributed by atoms with van der Waals surface area (Å²) in [6.07, 6.45) is 3.26. The fourth-order valence-electron chi connectivity index (χ4n) is 1.37. The fraction of sp³-hybridized carbons (Fsp3) is 0.111. The maximum atomic E-state index is 8.41. The van der Waals surface area contributed by atoms with Gasteiger partial charge in [0.25, 0.3) is 0 Å². The van der Waals surface area contributed by atoms with Crippen LogP contribution in [0.25, 0.3) is 5.52 Å². The van der Waals surface area contributed by atoms with Gasteiger partial charge < -0.3 is 9.61 Å². The summed E-state index contributed by atoms with van der Waals surface area (Å²) in [7, 11) is 0. The number of oxime groups is 1. The molecule has 0 spiro atoms. The summed E-state index contributed by atoms with van der Waals surface area (Å²) >= 11 is 0. The number of nitrogens with zero attached hydrogens (tertiary/aromatic N) is 3. The third-order valence-electron chi connectivity index (χ3n) is 1.93. The monoisotopic (exact) mass is 175 g/mol. The van der Waals surface area contributed by atoms with E-state index < -0.39 is 0 Å². The second-order valence-corrected chi connectivity index (χ2v) is 2.74. The van der Waals surface area contributed by atoms with Gasteiger partial charge in [-0.1, -0.05) is 11.2 Å². The Morgan fingerprint density at radius 1 is 1.54 bits per heavy atom. The Balaban J connectivity index is 2.77. The highest BCUT2D eigenvalue weighted by molar-refractivity contribution is 5.86. The van der Waals surface area contributed by atoms with Crippen LogP contribution in [0.2, 0.25) is 0 Å². The lowest BCUT2D eigenvalue weighted by molar-refractivity contribution is 0.322. The van der Waals surface area contributed by atoms with Gasteiger partial charge in [0.2, 0.25) is 0 Å². The van der Waals surface area contributed by atoms with Gasteiger partial charge in [-0.2, -0.15) is 0 Å². The molecule has 4 heteroatoms. The van der Waals surface area contributed by atoms with Crippen LogP contribution < -0.4 is 0 Å². The molecule has 0 aliphatic heterocycles. The van der Waals surface area contributed by atoms with Crippen LogP contribution in [-0.4, -0.2) is 20.8 Å². The lowest BCUT2D eigenvalue weighted by atomic mass is 10.3. The van der Waals surface area contributed by atoms with Gasteiger partial charge in [0.15, 0.2) is 0 Å². The van der Waals surface area contributed by atoms with Crippen LogP contribution in [0.5, 0.6) is 0 Å². The topological polar surface area (TPSA) is 49.9 Å². The lowest BCUT2D eigenvalue weighted by Crippen LogP contribution is -1.84. The van der Waals surface area contributed by atoms with Gasteiger partial charge in [-0.3, -0.25) is 0 Å². The van der Waals surface area contributed by atoms with Crippen molar-refractivity contribution in [2.75, 3.05) is 0 Å². The number of fused-ring (bicyclic) bond motifs is 1. The largest absolute Gasteiger partial charge is 0.411 e. The highest BCUT2D eigenvalue weighted by Crippen LogP contribution is 2.09. The lowest BCUT2D eigenvalue weighted by Gasteiger charge is -1.92. The van der Waals surface area contributed by atoms with E-state index in [1.165, 1.54) is 6.21 Å². The van der Waals surface area contributed by atoms with E-state index in [2.05, 4.69) is 10.1 Å². The first-order chi connectivity index (χ1) is 6.33. The van der Waals surface area contributed by atoms with Gasteiger partial charge in [-0.15, -0.1) is 0 Å². The van der Waals surface area contributed by atoms with Gasteiger partial charge >= 0.3 is 0 Å². The first kappa shape index (κ1) is 7.79. The predicted octanol–water partition coefficient (Wildman–Crippen LogP) is 1.45. The van der Waals surface area contributed by atoms with Gasteiger partial charge in [-0.05, 0) is 19.1 Å². The van der Waals surface area contributed by atoms with Crippen molar-refractivity contribution in [3.8, 4) is 0 Å². The molecule has 1 N–H and O–H groups in total. The molecule has 0 saturated heterocycles. The van der Waals surface area contributed by atoms with Crippen LogP contribution in [-0.2, 0) is 0 Å². The van der Waals surface area contributed by atoms with Crippen molar-refractivity contribution < 1.29 is 5.21 Å². The predicted molar refractivity (Wildman–Crippen MR) is 49.3 cm³/mol. The van der Waals surface area contributed by atoms with Crippen LogP contribution >= 0.6 is 0 Å². The molecule has 0 aliphatic rings. The summed E-state index contributed by atoms with van der Waals surface area (Å²) in [6.45, 7) is 1.90. The molecule has 13 heavy (non-hydrogen) atoms. The third kappa shape index (κ3) is 1.16. The number of pyridine rings is 1. The van der Waals surface area contributed by atoms with Crippen molar-refractivity contribution >= 4 is 11.7 Å². The molecular formula is C9H9N3O. The minimum Gasteiger partial charge on any atom is -0.411 e. The third-order valence-corrected chi connectivity index (χ3v) is 1.93. The first-order valence-corrected chi connectivity index (χ1v) is 3.94. The quantitative estimate of drug-likeness (QED) is 0.405. The molecular weight excluding hydrogens is 166 g/mol. The number of rotatable bonds is 1. The molecule has 0 aliphatic carbocycles.